The van der Waals surface area contributed by atoms with Gasteiger partial charge in [0.2, 0.25) is 0 Å². The van der Waals surface area contributed by atoms with Crippen molar-refractivity contribution in [3.05, 3.63) is 0 Å². The van der Waals surface area contributed by atoms with Crippen molar-refractivity contribution >= 4 is 5.97 Å². The van der Waals surface area contributed by atoms with Crippen LogP contribution in [0.5, 0.6) is 0 Å². The third-order valence-corrected chi connectivity index (χ3v) is 1.63. The molecule has 0 aliphatic rings. The highest BCUT2D eigenvalue weighted by Gasteiger charge is 2.74. The van der Waals surface area contributed by atoms with Crippen molar-refractivity contribution in [1.82, 2.24) is 0 Å². The fourth-order valence-corrected chi connectivity index (χ4v) is 0.738. The molecule has 0 aliphatic heterocycles. The molecule has 0 aromatic heterocycles. The van der Waals surface area contributed by atoms with Gasteiger partial charge in [0.15, 0.2) is 0 Å². The summed E-state index contributed by atoms with van der Waals surface area (Å²) in [5.74, 6) is -14.1. The molecular formula is C6H6F7NO2. The van der Waals surface area contributed by atoms with E-state index in [0.29, 0.717) is 0 Å². The molecule has 1 unspecified atom stereocenters. The number of aliphatic carboxylic acids is 1. The second-order valence-corrected chi connectivity index (χ2v) is 2.90. The summed E-state index contributed by atoms with van der Waals surface area (Å²) in [5.41, 5.74) is 4.32. The topological polar surface area (TPSA) is 63.3 Å². The Morgan fingerprint density at radius 2 is 1.50 bits per heavy atom. The van der Waals surface area contributed by atoms with Crippen molar-refractivity contribution in [2.45, 2.75) is 30.5 Å². The summed E-state index contributed by atoms with van der Waals surface area (Å²) < 4.78 is 84.5. The molecule has 1 atom stereocenters. The maximum atomic E-state index is 12.6. The summed E-state index contributed by atoms with van der Waals surface area (Å²) in [7, 11) is 0. The number of halogens is 7. The van der Waals surface area contributed by atoms with Gasteiger partial charge in [0.25, 0.3) is 0 Å². The summed E-state index contributed by atoms with van der Waals surface area (Å²) in [6.07, 6.45) is -8.22. The Morgan fingerprint density at radius 3 is 1.75 bits per heavy atom. The largest absolute Gasteiger partial charge is 0.481 e. The normalized spacial score (nSPS) is 16.0. The van der Waals surface area contributed by atoms with Crippen LogP contribution in [-0.4, -0.2) is 35.1 Å². The van der Waals surface area contributed by atoms with E-state index in [4.69, 9.17) is 5.11 Å². The van der Waals surface area contributed by atoms with Crippen molar-refractivity contribution in [3.8, 4) is 0 Å². The van der Waals surface area contributed by atoms with E-state index in [9.17, 15) is 35.5 Å². The van der Waals surface area contributed by atoms with E-state index in [0.717, 1.165) is 0 Å². The maximum absolute atomic E-state index is 12.6. The molecule has 0 aromatic rings. The van der Waals surface area contributed by atoms with E-state index >= 15 is 0 Å². The Labute approximate surface area is 84.0 Å². The van der Waals surface area contributed by atoms with Crippen molar-refractivity contribution in [2.75, 3.05) is 0 Å². The summed E-state index contributed by atoms with van der Waals surface area (Å²) in [6, 6.07) is -3.14. The zero-order chi connectivity index (χ0) is 13.4. The number of rotatable bonds is 4. The molecule has 0 saturated carbocycles. The van der Waals surface area contributed by atoms with Gasteiger partial charge in [0.05, 0.1) is 12.5 Å². The van der Waals surface area contributed by atoms with Gasteiger partial charge >= 0.3 is 24.0 Å². The van der Waals surface area contributed by atoms with E-state index in [2.05, 4.69) is 5.73 Å². The average molecular weight is 257 g/mol. The average Bonchev–Trinajstić information content (AvgIpc) is 2.00. The molecule has 0 aromatic carbocycles. The number of alkyl halides is 7. The van der Waals surface area contributed by atoms with Crippen molar-refractivity contribution < 1.29 is 40.6 Å². The number of nitrogens with two attached hydrogens (primary N) is 1. The van der Waals surface area contributed by atoms with Crippen molar-refractivity contribution in [2.24, 2.45) is 5.73 Å². The Morgan fingerprint density at radius 1 is 1.12 bits per heavy atom. The predicted octanol–water partition coefficient (Wildman–Crippen LogP) is 1.62. The van der Waals surface area contributed by atoms with Gasteiger partial charge in [-0.1, -0.05) is 0 Å². The number of carbonyl (C=O) groups is 1. The number of carboxylic acids is 1. The van der Waals surface area contributed by atoms with Crippen LogP contribution in [0.3, 0.4) is 0 Å². The molecule has 0 amide bonds. The molecule has 0 radical (unpaired) electrons. The lowest BCUT2D eigenvalue weighted by atomic mass is 10.0. The minimum atomic E-state index is -6.51. The van der Waals surface area contributed by atoms with Crippen LogP contribution in [0.2, 0.25) is 0 Å². The zero-order valence-electron chi connectivity index (χ0n) is 7.36. The van der Waals surface area contributed by atoms with Gasteiger partial charge in [0.1, 0.15) is 0 Å². The van der Waals surface area contributed by atoms with Crippen LogP contribution < -0.4 is 5.73 Å². The molecule has 0 fully saturated rings. The molecule has 0 rings (SSSR count). The lowest BCUT2D eigenvalue weighted by Crippen LogP contribution is -2.60. The fraction of sp³-hybridized carbons (Fsp3) is 0.833. The summed E-state index contributed by atoms with van der Waals surface area (Å²) in [6.45, 7) is 0. The van der Waals surface area contributed by atoms with Crippen LogP contribution in [-0.2, 0) is 4.79 Å². The fourth-order valence-electron chi connectivity index (χ4n) is 0.738. The van der Waals surface area contributed by atoms with Crippen LogP contribution in [0.1, 0.15) is 6.42 Å². The van der Waals surface area contributed by atoms with E-state index in [1.165, 1.54) is 0 Å². The quantitative estimate of drug-likeness (QED) is 0.752. The lowest BCUT2D eigenvalue weighted by molar-refractivity contribution is -0.358. The lowest BCUT2D eigenvalue weighted by Gasteiger charge is -2.31. The smallest absolute Gasteiger partial charge is 0.459 e. The standard InChI is InChI=1S/C6H6F7NO2/c7-4(8,2(14)1-3(15)16)5(9,10)6(11,12)13/h2H,1,14H2,(H,15,16). The van der Waals surface area contributed by atoms with Crippen LogP contribution in [0.25, 0.3) is 0 Å². The Kier molecular flexibility index (Phi) is 3.80. The van der Waals surface area contributed by atoms with Gasteiger partial charge in [-0.05, 0) is 0 Å². The monoisotopic (exact) mass is 257 g/mol. The first-order chi connectivity index (χ1) is 6.84. The predicted molar refractivity (Wildman–Crippen MR) is 36.2 cm³/mol. The molecule has 0 bridgehead atoms. The maximum Gasteiger partial charge on any atom is 0.459 e. The van der Waals surface area contributed by atoms with Gasteiger partial charge < -0.3 is 10.8 Å². The molecule has 96 valence electrons. The molecule has 0 saturated heterocycles. The Balaban J connectivity index is 5.11. The van der Waals surface area contributed by atoms with E-state index < -0.39 is 36.5 Å². The molecule has 0 spiro atoms. The van der Waals surface area contributed by atoms with Crippen molar-refractivity contribution in [1.29, 1.82) is 0 Å². The zero-order valence-corrected chi connectivity index (χ0v) is 7.36. The number of hydrogen-bond acceptors (Lipinski definition) is 2. The molecule has 16 heavy (non-hydrogen) atoms. The minimum absolute atomic E-state index is 1.71. The van der Waals surface area contributed by atoms with Crippen molar-refractivity contribution in [3.63, 3.8) is 0 Å². The first-order valence-corrected chi connectivity index (χ1v) is 3.63. The third-order valence-electron chi connectivity index (χ3n) is 1.63. The van der Waals surface area contributed by atoms with Crippen LogP contribution in [0.15, 0.2) is 0 Å². The Bertz CT molecular complexity index is 275. The van der Waals surface area contributed by atoms with E-state index in [-0.39, 0.29) is 0 Å². The van der Waals surface area contributed by atoms with Gasteiger partial charge in [-0.2, -0.15) is 30.7 Å². The second kappa shape index (κ2) is 4.07. The highest BCUT2D eigenvalue weighted by atomic mass is 19.4. The first kappa shape index (κ1) is 14.9. The first-order valence-electron chi connectivity index (χ1n) is 3.63. The van der Waals surface area contributed by atoms with Gasteiger partial charge in [-0.15, -0.1) is 0 Å². The third kappa shape index (κ3) is 2.54. The van der Waals surface area contributed by atoms with Gasteiger partial charge in [-0.3, -0.25) is 4.79 Å². The molecule has 0 aliphatic carbocycles. The van der Waals surface area contributed by atoms with Gasteiger partial charge in [-0.25, -0.2) is 0 Å². The van der Waals surface area contributed by atoms with Gasteiger partial charge in [0, 0.05) is 0 Å². The number of carboxylic acid groups (broad SMARTS) is 1. The minimum Gasteiger partial charge on any atom is -0.481 e. The highest BCUT2D eigenvalue weighted by Crippen LogP contribution is 2.47. The summed E-state index contributed by atoms with van der Waals surface area (Å²) >= 11 is 0. The van der Waals surface area contributed by atoms with Crippen LogP contribution >= 0.6 is 0 Å². The van der Waals surface area contributed by atoms with Crippen LogP contribution in [0, 0.1) is 0 Å². The summed E-state index contributed by atoms with van der Waals surface area (Å²) in [4.78, 5) is 9.89. The molecule has 10 heteroatoms. The highest BCUT2D eigenvalue weighted by molar-refractivity contribution is 5.67. The Hall–Kier alpha value is -1.06. The molecular weight excluding hydrogens is 251 g/mol. The second-order valence-electron chi connectivity index (χ2n) is 2.90. The molecule has 3 nitrogen and oxygen atoms in total. The molecule has 0 heterocycles. The van der Waals surface area contributed by atoms with E-state index in [1.54, 1.807) is 0 Å². The summed E-state index contributed by atoms with van der Waals surface area (Å²) in [5, 5.41) is 7.98. The molecule has 3 N–H and O–H groups in total. The van der Waals surface area contributed by atoms with E-state index in [1.807, 2.05) is 0 Å². The number of hydrogen-bond donors (Lipinski definition) is 2. The SMILES string of the molecule is NC(CC(=O)O)C(F)(F)C(F)(F)C(F)(F)F. The van der Waals surface area contributed by atoms with Crippen LogP contribution in [0.4, 0.5) is 30.7 Å².